The summed E-state index contributed by atoms with van der Waals surface area (Å²) in [6.45, 7) is 0. The number of rotatable bonds is 7. The number of nitrogens with zero attached hydrogens (tertiary/aromatic N) is 1. The number of esters is 1. The van der Waals surface area contributed by atoms with Gasteiger partial charge in [0.05, 0.1) is 19.9 Å². The normalized spacial score (nSPS) is 10.4. The number of ether oxygens (including phenoxy) is 2. The van der Waals surface area contributed by atoms with E-state index >= 15 is 0 Å². The molecule has 8 heteroatoms. The highest BCUT2D eigenvalue weighted by Gasteiger charge is 2.13. The smallest absolute Gasteiger partial charge is 0.354 e. The van der Waals surface area contributed by atoms with Crippen molar-refractivity contribution in [3.63, 3.8) is 0 Å². The fourth-order valence-electron chi connectivity index (χ4n) is 2.50. The molecule has 2 N–H and O–H groups in total. The van der Waals surface area contributed by atoms with Crippen LogP contribution in [0.15, 0.2) is 41.9 Å². The monoisotopic (exact) mass is 385 g/mol. The van der Waals surface area contributed by atoms with Crippen LogP contribution >= 0.6 is 11.3 Å². The van der Waals surface area contributed by atoms with Crippen LogP contribution in [-0.4, -0.2) is 36.1 Å². The van der Waals surface area contributed by atoms with E-state index in [9.17, 15) is 9.59 Å². The first kappa shape index (κ1) is 18.7. The maximum atomic E-state index is 12.2. The average molecular weight is 385 g/mol. The molecule has 1 amide bonds. The van der Waals surface area contributed by atoms with Crippen molar-refractivity contribution in [2.75, 3.05) is 19.5 Å². The second kappa shape index (κ2) is 8.50. The van der Waals surface area contributed by atoms with Gasteiger partial charge in [-0.3, -0.25) is 4.79 Å². The first-order chi connectivity index (χ1) is 13.1. The lowest BCUT2D eigenvalue weighted by molar-refractivity contribution is -0.116. The van der Waals surface area contributed by atoms with Gasteiger partial charge in [-0.15, -0.1) is 11.3 Å². The van der Waals surface area contributed by atoms with Crippen molar-refractivity contribution in [3.05, 3.63) is 53.2 Å². The number of aromatic amines is 1. The molecular formula is C19H19N3O4S. The molecule has 3 rings (SSSR count). The van der Waals surface area contributed by atoms with E-state index in [1.54, 1.807) is 19.4 Å². The lowest BCUT2D eigenvalue weighted by atomic mass is 10.1. The molecule has 0 atom stereocenters. The number of methoxy groups -OCH3 is 2. The lowest BCUT2D eigenvalue weighted by Crippen LogP contribution is -2.12. The Balaban J connectivity index is 1.57. The number of benzene rings is 1. The van der Waals surface area contributed by atoms with Crippen LogP contribution in [-0.2, 0) is 16.0 Å². The van der Waals surface area contributed by atoms with Crippen molar-refractivity contribution in [1.29, 1.82) is 0 Å². The van der Waals surface area contributed by atoms with Gasteiger partial charge in [-0.25, -0.2) is 9.78 Å². The Morgan fingerprint density at radius 1 is 1.26 bits per heavy atom. The van der Waals surface area contributed by atoms with Crippen LogP contribution in [0.25, 0.3) is 11.3 Å². The number of thiazole rings is 1. The van der Waals surface area contributed by atoms with Gasteiger partial charge in [-0.2, -0.15) is 0 Å². The highest BCUT2D eigenvalue weighted by molar-refractivity contribution is 7.14. The molecule has 0 fully saturated rings. The van der Waals surface area contributed by atoms with E-state index in [1.807, 2.05) is 29.6 Å². The van der Waals surface area contributed by atoms with E-state index in [4.69, 9.17) is 4.74 Å². The van der Waals surface area contributed by atoms with E-state index < -0.39 is 5.97 Å². The van der Waals surface area contributed by atoms with Gasteiger partial charge < -0.3 is 19.8 Å². The molecule has 0 aliphatic rings. The molecule has 3 aromatic rings. The Bertz CT molecular complexity index is 948. The van der Waals surface area contributed by atoms with E-state index in [0.717, 1.165) is 16.9 Å². The molecule has 0 spiro atoms. The molecule has 0 saturated heterocycles. The third-order valence-electron chi connectivity index (χ3n) is 3.91. The maximum absolute atomic E-state index is 12.2. The molecular weight excluding hydrogens is 366 g/mol. The minimum absolute atomic E-state index is 0.108. The highest BCUT2D eigenvalue weighted by Crippen LogP contribution is 2.26. The van der Waals surface area contributed by atoms with Gasteiger partial charge in [0.1, 0.15) is 11.4 Å². The fourth-order valence-corrected chi connectivity index (χ4v) is 3.24. The summed E-state index contributed by atoms with van der Waals surface area (Å²) in [5.74, 6) is 0.223. The number of aryl methyl sites for hydroxylation is 1. The quantitative estimate of drug-likeness (QED) is 0.607. The summed E-state index contributed by atoms with van der Waals surface area (Å²) in [5, 5.41) is 5.14. The molecule has 0 aliphatic carbocycles. The first-order valence-corrected chi connectivity index (χ1v) is 9.12. The molecule has 2 heterocycles. The third-order valence-corrected chi connectivity index (χ3v) is 4.67. The fraction of sp³-hybridized carbons (Fsp3) is 0.211. The van der Waals surface area contributed by atoms with Crippen molar-refractivity contribution in [2.24, 2.45) is 0 Å². The van der Waals surface area contributed by atoms with Crippen LogP contribution in [0.3, 0.4) is 0 Å². The molecule has 0 aliphatic heterocycles. The number of aromatic nitrogens is 2. The molecule has 7 nitrogen and oxygen atoms in total. The molecule has 0 bridgehead atoms. The van der Waals surface area contributed by atoms with Crippen molar-refractivity contribution in [2.45, 2.75) is 12.8 Å². The van der Waals surface area contributed by atoms with Crippen LogP contribution in [0, 0.1) is 0 Å². The first-order valence-electron chi connectivity index (χ1n) is 8.24. The predicted molar refractivity (Wildman–Crippen MR) is 103 cm³/mol. The highest BCUT2D eigenvalue weighted by atomic mass is 32.1. The standard InChI is InChI=1S/C19H19N3O4S/c1-25-14-5-3-4-12(8-14)6-7-17(23)22-19-21-16(11-27-19)13-9-15(20-10-13)18(24)26-2/h3-5,8-11,20H,6-7H2,1-2H3,(H,21,22,23). The van der Waals surface area contributed by atoms with Crippen molar-refractivity contribution in [3.8, 4) is 17.0 Å². The van der Waals surface area contributed by atoms with Crippen molar-refractivity contribution in [1.82, 2.24) is 9.97 Å². The van der Waals surface area contributed by atoms with Gasteiger partial charge in [0.2, 0.25) is 5.91 Å². The van der Waals surface area contributed by atoms with E-state index in [0.29, 0.717) is 29.4 Å². The van der Waals surface area contributed by atoms with Gasteiger partial charge in [-0.05, 0) is 30.2 Å². The molecule has 140 valence electrons. The number of hydrogen-bond acceptors (Lipinski definition) is 6. The summed E-state index contributed by atoms with van der Waals surface area (Å²) in [4.78, 5) is 30.9. The number of nitrogens with one attached hydrogen (secondary N) is 2. The number of H-pyrrole nitrogens is 1. The largest absolute Gasteiger partial charge is 0.497 e. The zero-order chi connectivity index (χ0) is 19.2. The van der Waals surface area contributed by atoms with E-state index in [-0.39, 0.29) is 5.91 Å². The van der Waals surface area contributed by atoms with Crippen molar-refractivity contribution < 1.29 is 19.1 Å². The topological polar surface area (TPSA) is 93.3 Å². The van der Waals surface area contributed by atoms with Gasteiger partial charge in [-0.1, -0.05) is 12.1 Å². The predicted octanol–water partition coefficient (Wildman–Crippen LogP) is 3.50. The van der Waals surface area contributed by atoms with Crippen LogP contribution in [0.4, 0.5) is 5.13 Å². The number of hydrogen-bond donors (Lipinski definition) is 2. The lowest BCUT2D eigenvalue weighted by Gasteiger charge is -2.04. The summed E-state index contributed by atoms with van der Waals surface area (Å²) in [6.07, 6.45) is 2.63. The van der Waals surface area contributed by atoms with Crippen LogP contribution in [0.2, 0.25) is 0 Å². The Hall–Kier alpha value is -3.13. The van der Waals surface area contributed by atoms with Crippen LogP contribution in [0.5, 0.6) is 5.75 Å². The summed E-state index contributed by atoms with van der Waals surface area (Å²) in [6, 6.07) is 9.31. The SMILES string of the molecule is COC(=O)c1cc(-c2csc(NC(=O)CCc3cccc(OC)c3)n2)c[nH]1. The Kier molecular flexibility index (Phi) is 5.87. The second-order valence-corrected chi connectivity index (χ2v) is 6.59. The molecule has 27 heavy (non-hydrogen) atoms. The zero-order valence-corrected chi connectivity index (χ0v) is 15.8. The molecule has 2 aromatic heterocycles. The molecule has 0 saturated carbocycles. The number of carbonyl (C=O) groups is 2. The van der Waals surface area contributed by atoms with Crippen molar-refractivity contribution >= 4 is 28.3 Å². The number of amides is 1. The van der Waals surface area contributed by atoms with Gasteiger partial charge in [0.15, 0.2) is 5.13 Å². The third kappa shape index (κ3) is 4.73. The van der Waals surface area contributed by atoms with Gasteiger partial charge in [0, 0.05) is 23.6 Å². The Morgan fingerprint density at radius 3 is 2.89 bits per heavy atom. The van der Waals surface area contributed by atoms with E-state index in [1.165, 1.54) is 18.4 Å². The summed E-state index contributed by atoms with van der Waals surface area (Å²) < 4.78 is 9.85. The van der Waals surface area contributed by atoms with Crippen LogP contribution in [0.1, 0.15) is 22.5 Å². The Labute approximate surface area is 160 Å². The van der Waals surface area contributed by atoms with Gasteiger partial charge in [0.25, 0.3) is 0 Å². The summed E-state index contributed by atoms with van der Waals surface area (Å²) in [5.41, 5.74) is 2.81. The van der Waals surface area contributed by atoms with E-state index in [2.05, 4.69) is 20.0 Å². The van der Waals surface area contributed by atoms with Crippen LogP contribution < -0.4 is 10.1 Å². The average Bonchev–Trinajstić information content (AvgIpc) is 3.35. The minimum Gasteiger partial charge on any atom is -0.497 e. The zero-order valence-electron chi connectivity index (χ0n) is 14.9. The number of anilines is 1. The molecule has 1 aromatic carbocycles. The minimum atomic E-state index is -0.442. The summed E-state index contributed by atoms with van der Waals surface area (Å²) in [7, 11) is 2.94. The molecule has 0 unspecified atom stereocenters. The summed E-state index contributed by atoms with van der Waals surface area (Å²) >= 11 is 1.33. The second-order valence-electron chi connectivity index (χ2n) is 5.73. The Morgan fingerprint density at radius 2 is 2.11 bits per heavy atom. The van der Waals surface area contributed by atoms with Gasteiger partial charge >= 0.3 is 5.97 Å². The molecule has 0 radical (unpaired) electrons. The number of carbonyl (C=O) groups excluding carboxylic acids is 2. The maximum Gasteiger partial charge on any atom is 0.354 e.